The molecule has 1 fully saturated rings. The Kier molecular flexibility index (Phi) is 4.61. The van der Waals surface area contributed by atoms with Gasteiger partial charge in [0.05, 0.1) is 7.11 Å². The van der Waals surface area contributed by atoms with Crippen molar-refractivity contribution in [1.82, 2.24) is 9.62 Å². The van der Waals surface area contributed by atoms with Crippen LogP contribution in [0.2, 0.25) is 0 Å². The molecule has 116 valence electrons. The molecule has 0 saturated carbocycles. The van der Waals surface area contributed by atoms with E-state index >= 15 is 0 Å². The maximum absolute atomic E-state index is 12.7. The predicted octanol–water partition coefficient (Wildman–Crippen LogP) is -1.02. The molecule has 1 aliphatic rings. The zero-order chi connectivity index (χ0) is 15.6. The number of carbonyl (C=O) groups excluding carboxylic acids is 2. The number of sulfonamides is 1. The Morgan fingerprint density at radius 1 is 1.52 bits per heavy atom. The maximum Gasteiger partial charge on any atom is 0.349 e. The lowest BCUT2D eigenvalue weighted by molar-refractivity contribution is -0.122. The second kappa shape index (κ2) is 6.10. The first-order chi connectivity index (χ1) is 9.89. The van der Waals surface area contributed by atoms with Gasteiger partial charge in [0.1, 0.15) is 15.8 Å². The minimum Gasteiger partial charge on any atom is -0.465 e. The molecule has 1 amide bonds. The molecule has 0 spiro atoms. The molecular weight excluding hydrogens is 318 g/mol. The number of hydrogen-bond donors (Lipinski definition) is 2. The highest BCUT2D eigenvalue weighted by Gasteiger charge is 2.39. The molecule has 2 rings (SSSR count). The predicted molar refractivity (Wildman–Crippen MR) is 75.4 cm³/mol. The molecule has 1 aliphatic heterocycles. The summed E-state index contributed by atoms with van der Waals surface area (Å²) in [6, 6.07) is 0.348. The van der Waals surface area contributed by atoms with Crippen molar-refractivity contribution >= 4 is 33.2 Å². The number of primary amides is 1. The van der Waals surface area contributed by atoms with Crippen LogP contribution >= 0.6 is 11.3 Å². The van der Waals surface area contributed by atoms with Crippen LogP contribution in [0, 0.1) is 0 Å². The normalized spacial score (nSPS) is 20.1. The number of amides is 1. The molecule has 1 aromatic rings. The minimum atomic E-state index is -4.00. The van der Waals surface area contributed by atoms with Crippen LogP contribution in [0.4, 0.5) is 0 Å². The number of hydrogen-bond acceptors (Lipinski definition) is 7. The highest BCUT2D eigenvalue weighted by Crippen LogP contribution is 2.27. The van der Waals surface area contributed by atoms with Gasteiger partial charge in [-0.1, -0.05) is 0 Å². The van der Waals surface area contributed by atoms with Gasteiger partial charge >= 0.3 is 5.97 Å². The third-order valence-corrected chi connectivity index (χ3v) is 6.08. The molecule has 1 aromatic heterocycles. The van der Waals surface area contributed by atoms with Crippen molar-refractivity contribution in [1.29, 1.82) is 0 Å². The number of esters is 1. The molecule has 1 unspecified atom stereocenters. The molecule has 0 aromatic carbocycles. The van der Waals surface area contributed by atoms with E-state index in [1.165, 1.54) is 18.6 Å². The highest BCUT2D eigenvalue weighted by atomic mass is 32.2. The van der Waals surface area contributed by atoms with E-state index in [0.717, 1.165) is 15.6 Å². The Morgan fingerprint density at radius 3 is 2.86 bits per heavy atom. The number of methoxy groups -OCH3 is 1. The molecule has 1 saturated heterocycles. The molecule has 21 heavy (non-hydrogen) atoms. The third kappa shape index (κ3) is 2.93. The van der Waals surface area contributed by atoms with Crippen LogP contribution in [-0.4, -0.2) is 57.4 Å². The minimum absolute atomic E-state index is 0.0146. The Morgan fingerprint density at radius 2 is 2.24 bits per heavy atom. The Bertz CT molecular complexity index is 655. The van der Waals surface area contributed by atoms with Crippen molar-refractivity contribution < 1.29 is 22.7 Å². The van der Waals surface area contributed by atoms with Crippen molar-refractivity contribution in [3.8, 4) is 0 Å². The van der Waals surface area contributed by atoms with Gasteiger partial charge in [-0.3, -0.25) is 4.79 Å². The van der Waals surface area contributed by atoms with Crippen LogP contribution in [0.25, 0.3) is 0 Å². The summed E-state index contributed by atoms with van der Waals surface area (Å²) in [5.41, 5.74) is 5.26. The number of nitrogens with one attached hydrogen (secondary N) is 1. The zero-order valence-electron chi connectivity index (χ0n) is 11.2. The monoisotopic (exact) mass is 333 g/mol. The lowest BCUT2D eigenvalue weighted by Gasteiger charge is -2.32. The summed E-state index contributed by atoms with van der Waals surface area (Å²) >= 11 is 0.971. The van der Waals surface area contributed by atoms with Crippen LogP contribution < -0.4 is 11.1 Å². The van der Waals surface area contributed by atoms with Crippen LogP contribution in [0.5, 0.6) is 0 Å². The number of rotatable bonds is 4. The Hall–Kier alpha value is -1.49. The standard InChI is InChI=1S/C11H15N3O5S2/c1-19-11(16)9-8(2-5-20-9)21(17,18)14-4-3-13-6-7(14)10(12)15/h2,5,7,13H,3-4,6H2,1H3,(H2,12,15). The number of nitrogens with two attached hydrogens (primary N) is 1. The van der Waals surface area contributed by atoms with Gasteiger partial charge in [-0.25, -0.2) is 13.2 Å². The maximum atomic E-state index is 12.7. The number of nitrogens with zero attached hydrogens (tertiary/aromatic N) is 1. The SMILES string of the molecule is COC(=O)c1sccc1S(=O)(=O)N1CCNCC1C(N)=O. The van der Waals surface area contributed by atoms with E-state index in [2.05, 4.69) is 10.1 Å². The average Bonchev–Trinajstić information content (AvgIpc) is 2.96. The summed E-state index contributed by atoms with van der Waals surface area (Å²) in [6.07, 6.45) is 0. The topological polar surface area (TPSA) is 119 Å². The van der Waals surface area contributed by atoms with Crippen LogP contribution in [-0.2, 0) is 19.6 Å². The first-order valence-electron chi connectivity index (χ1n) is 6.07. The summed E-state index contributed by atoms with van der Waals surface area (Å²) in [4.78, 5) is 22.9. The van der Waals surface area contributed by atoms with Crippen LogP contribution in [0.3, 0.4) is 0 Å². The number of ether oxygens (including phenoxy) is 1. The average molecular weight is 333 g/mol. The summed E-state index contributed by atoms with van der Waals surface area (Å²) in [6.45, 7) is 0.652. The van der Waals surface area contributed by atoms with Gasteiger partial charge in [-0.15, -0.1) is 11.3 Å². The van der Waals surface area contributed by atoms with Gasteiger partial charge in [0.15, 0.2) is 0 Å². The van der Waals surface area contributed by atoms with E-state index in [-0.39, 0.29) is 22.9 Å². The lowest BCUT2D eigenvalue weighted by Crippen LogP contribution is -2.58. The molecule has 0 aliphatic carbocycles. The Balaban J connectivity index is 2.44. The first kappa shape index (κ1) is 15.9. The van der Waals surface area contributed by atoms with Crippen molar-refractivity contribution in [3.63, 3.8) is 0 Å². The van der Waals surface area contributed by atoms with E-state index in [4.69, 9.17) is 5.73 Å². The molecule has 8 nitrogen and oxygen atoms in total. The second-order valence-corrected chi connectivity index (χ2v) is 7.12. The highest BCUT2D eigenvalue weighted by molar-refractivity contribution is 7.89. The third-order valence-electron chi connectivity index (χ3n) is 3.11. The van der Waals surface area contributed by atoms with Crippen molar-refractivity contribution in [2.75, 3.05) is 26.7 Å². The van der Waals surface area contributed by atoms with Crippen molar-refractivity contribution in [3.05, 3.63) is 16.3 Å². The number of thiophene rings is 1. The summed E-state index contributed by atoms with van der Waals surface area (Å²) in [5, 5.41) is 4.40. The van der Waals surface area contributed by atoms with Crippen molar-refractivity contribution in [2.24, 2.45) is 5.73 Å². The van der Waals surface area contributed by atoms with Gasteiger partial charge in [0.2, 0.25) is 15.9 Å². The van der Waals surface area contributed by atoms with Crippen molar-refractivity contribution in [2.45, 2.75) is 10.9 Å². The molecule has 2 heterocycles. The van der Waals surface area contributed by atoms with Crippen LogP contribution in [0.15, 0.2) is 16.3 Å². The number of carbonyl (C=O) groups is 2. The quantitative estimate of drug-likeness (QED) is 0.681. The smallest absolute Gasteiger partial charge is 0.349 e. The van der Waals surface area contributed by atoms with E-state index in [1.54, 1.807) is 0 Å². The van der Waals surface area contributed by atoms with Crippen LogP contribution in [0.1, 0.15) is 9.67 Å². The molecule has 10 heteroatoms. The van der Waals surface area contributed by atoms with E-state index < -0.39 is 27.9 Å². The van der Waals surface area contributed by atoms with E-state index in [9.17, 15) is 18.0 Å². The summed E-state index contributed by atoms with van der Waals surface area (Å²) in [5.74, 6) is -1.46. The second-order valence-electron chi connectivity index (χ2n) is 4.34. The largest absolute Gasteiger partial charge is 0.465 e. The number of piperazine rings is 1. The zero-order valence-corrected chi connectivity index (χ0v) is 12.9. The lowest BCUT2D eigenvalue weighted by atomic mass is 10.2. The van der Waals surface area contributed by atoms with Gasteiger partial charge in [0, 0.05) is 19.6 Å². The fourth-order valence-corrected chi connectivity index (χ4v) is 4.99. The Labute approximate surface area is 125 Å². The summed E-state index contributed by atoms with van der Waals surface area (Å²) < 4.78 is 31.0. The van der Waals surface area contributed by atoms with E-state index in [0.29, 0.717) is 6.54 Å². The van der Waals surface area contributed by atoms with Gasteiger partial charge in [-0.2, -0.15) is 4.31 Å². The van der Waals surface area contributed by atoms with Gasteiger partial charge in [-0.05, 0) is 11.4 Å². The molecule has 0 radical (unpaired) electrons. The molecule has 0 bridgehead atoms. The van der Waals surface area contributed by atoms with Gasteiger partial charge < -0.3 is 15.8 Å². The van der Waals surface area contributed by atoms with E-state index in [1.807, 2.05) is 0 Å². The first-order valence-corrected chi connectivity index (χ1v) is 8.39. The fourth-order valence-electron chi connectivity index (χ4n) is 2.08. The molecule has 1 atom stereocenters. The molecule has 3 N–H and O–H groups in total. The fraction of sp³-hybridized carbons (Fsp3) is 0.455. The summed E-state index contributed by atoms with van der Waals surface area (Å²) in [7, 11) is -2.82. The van der Waals surface area contributed by atoms with Gasteiger partial charge in [0.25, 0.3) is 0 Å². The molecular formula is C11H15N3O5S2.